The zero-order valence-corrected chi connectivity index (χ0v) is 20.9. The summed E-state index contributed by atoms with van der Waals surface area (Å²) in [6.07, 6.45) is 4.88. The van der Waals surface area contributed by atoms with Gasteiger partial charge in [0.25, 0.3) is 17.7 Å². The zero-order valence-electron chi connectivity index (χ0n) is 20.9. The van der Waals surface area contributed by atoms with E-state index in [1.807, 2.05) is 13.8 Å². The topological polar surface area (TPSA) is 119 Å². The number of nitrogens with zero attached hydrogens (tertiary/aromatic N) is 2. The van der Waals surface area contributed by atoms with Crippen LogP contribution in [0.2, 0.25) is 0 Å². The van der Waals surface area contributed by atoms with Gasteiger partial charge in [0.05, 0.1) is 6.33 Å². The van der Waals surface area contributed by atoms with Crippen molar-refractivity contribution in [1.29, 1.82) is 0 Å². The number of likely N-dealkylation sites (tertiary alicyclic amines) is 1. The second-order valence-corrected chi connectivity index (χ2v) is 9.79. The molecule has 1 aromatic heterocycles. The van der Waals surface area contributed by atoms with Gasteiger partial charge in [-0.3, -0.25) is 14.4 Å². The first-order valence-corrected chi connectivity index (χ1v) is 12.3. The maximum Gasteiger partial charge on any atom is 0.276 e. The van der Waals surface area contributed by atoms with Crippen molar-refractivity contribution in [3.8, 4) is 0 Å². The van der Waals surface area contributed by atoms with Crippen LogP contribution in [0.3, 0.4) is 0 Å². The van der Waals surface area contributed by atoms with Gasteiger partial charge in [0.2, 0.25) is 0 Å². The number of imidazole rings is 1. The van der Waals surface area contributed by atoms with Crippen LogP contribution in [0.1, 0.15) is 64.4 Å². The molecule has 3 aromatic rings. The van der Waals surface area contributed by atoms with Gasteiger partial charge in [-0.05, 0) is 88.3 Å². The summed E-state index contributed by atoms with van der Waals surface area (Å²) < 4.78 is 13.1. The first-order valence-electron chi connectivity index (χ1n) is 12.3. The number of carbonyl (C=O) groups excluding carboxylic acids is 3. The summed E-state index contributed by atoms with van der Waals surface area (Å²) in [7, 11) is 0. The van der Waals surface area contributed by atoms with Gasteiger partial charge in [0.15, 0.2) is 5.69 Å². The van der Waals surface area contributed by atoms with E-state index in [9.17, 15) is 18.8 Å². The van der Waals surface area contributed by atoms with Crippen LogP contribution in [0.4, 0.5) is 15.8 Å². The van der Waals surface area contributed by atoms with Gasteiger partial charge in [-0.15, -0.1) is 0 Å². The Bertz CT molecular complexity index is 1250. The molecule has 1 fully saturated rings. The Kier molecular flexibility index (Phi) is 7.98. The van der Waals surface area contributed by atoms with Crippen LogP contribution in [0.25, 0.3) is 0 Å². The van der Waals surface area contributed by atoms with Crippen LogP contribution in [-0.2, 0) is 0 Å². The third-order valence-corrected chi connectivity index (χ3v) is 6.11. The lowest BCUT2D eigenvalue weighted by molar-refractivity contribution is 0.0865. The first kappa shape index (κ1) is 26.0. The van der Waals surface area contributed by atoms with Crippen molar-refractivity contribution in [3.63, 3.8) is 0 Å². The minimum atomic E-state index is -0.539. The van der Waals surface area contributed by atoms with Crippen molar-refractivity contribution in [2.75, 3.05) is 30.3 Å². The highest BCUT2D eigenvalue weighted by Crippen LogP contribution is 2.18. The molecule has 1 aliphatic heterocycles. The normalized spacial score (nSPS) is 14.1. The molecular weight excluding hydrogens is 475 g/mol. The number of anilines is 2. The number of piperidine rings is 1. The lowest BCUT2D eigenvalue weighted by atomic mass is 10.0. The predicted molar refractivity (Wildman–Crippen MR) is 139 cm³/mol. The summed E-state index contributed by atoms with van der Waals surface area (Å²) >= 11 is 0. The quantitative estimate of drug-likeness (QED) is 0.368. The van der Waals surface area contributed by atoms with Crippen molar-refractivity contribution in [2.24, 2.45) is 0 Å². The Morgan fingerprint density at radius 1 is 0.892 bits per heavy atom. The molecule has 4 rings (SSSR count). The van der Waals surface area contributed by atoms with E-state index in [0.717, 1.165) is 32.5 Å². The largest absolute Gasteiger partial charge is 0.345 e. The number of rotatable bonds is 8. The first-order chi connectivity index (χ1) is 17.7. The van der Waals surface area contributed by atoms with E-state index in [1.54, 1.807) is 24.3 Å². The van der Waals surface area contributed by atoms with E-state index in [-0.39, 0.29) is 17.3 Å². The van der Waals surface area contributed by atoms with Crippen molar-refractivity contribution in [2.45, 2.75) is 38.6 Å². The molecule has 2 heterocycles. The number of carbonyl (C=O) groups is 3. The number of hydrogen-bond acceptors (Lipinski definition) is 5. The highest BCUT2D eigenvalue weighted by Gasteiger charge is 2.28. The van der Waals surface area contributed by atoms with Crippen LogP contribution in [0.15, 0.2) is 54.9 Å². The molecule has 9 nitrogen and oxygen atoms in total. The fourth-order valence-corrected chi connectivity index (χ4v) is 4.36. The van der Waals surface area contributed by atoms with Crippen LogP contribution >= 0.6 is 0 Å². The molecular formula is C27H31FN6O3. The van der Waals surface area contributed by atoms with E-state index in [0.29, 0.717) is 16.9 Å². The molecule has 0 saturated carbocycles. The molecule has 10 heteroatoms. The fraction of sp³-hybridized carbons (Fsp3) is 0.333. The molecule has 0 aliphatic carbocycles. The molecule has 1 aliphatic rings. The highest BCUT2D eigenvalue weighted by molar-refractivity contribution is 6.10. The Morgan fingerprint density at radius 3 is 2.11 bits per heavy atom. The minimum Gasteiger partial charge on any atom is -0.345 e. The van der Waals surface area contributed by atoms with Gasteiger partial charge in [0, 0.05) is 29.0 Å². The number of hydrogen-bond donors (Lipinski definition) is 4. The van der Waals surface area contributed by atoms with Gasteiger partial charge < -0.3 is 25.8 Å². The smallest absolute Gasteiger partial charge is 0.276 e. The van der Waals surface area contributed by atoms with Gasteiger partial charge >= 0.3 is 0 Å². The minimum absolute atomic E-state index is 0.0139. The van der Waals surface area contributed by atoms with E-state index in [1.165, 1.54) is 37.0 Å². The molecule has 0 spiro atoms. The van der Waals surface area contributed by atoms with Crippen LogP contribution in [-0.4, -0.2) is 57.8 Å². The monoisotopic (exact) mass is 506 g/mol. The molecule has 3 amide bonds. The van der Waals surface area contributed by atoms with Crippen molar-refractivity contribution in [1.82, 2.24) is 20.2 Å². The van der Waals surface area contributed by atoms with Crippen LogP contribution in [0, 0.1) is 5.82 Å². The fourth-order valence-electron chi connectivity index (χ4n) is 4.36. The molecule has 0 atom stereocenters. The molecule has 0 unspecified atom stereocenters. The summed E-state index contributed by atoms with van der Waals surface area (Å²) in [5.41, 5.74) is 0.879. The molecule has 0 bridgehead atoms. The second-order valence-electron chi connectivity index (χ2n) is 9.79. The Morgan fingerprint density at radius 2 is 1.49 bits per heavy atom. The summed E-state index contributed by atoms with van der Waals surface area (Å²) in [5.74, 6) is -1.74. The molecule has 37 heavy (non-hydrogen) atoms. The number of nitrogens with one attached hydrogen (secondary N) is 4. The average molecular weight is 507 g/mol. The SMILES string of the molecule is CC(C)(CN1CCCCC1)NC(=O)c1[nH]cnc1C(=O)Nc1ccc(NC(=O)c2ccc(F)cc2)cc1. The van der Waals surface area contributed by atoms with Gasteiger partial charge in [-0.1, -0.05) is 6.42 Å². The van der Waals surface area contributed by atoms with Crippen molar-refractivity contribution in [3.05, 3.63) is 77.6 Å². The summed E-state index contributed by atoms with van der Waals surface area (Å²) in [6, 6.07) is 11.7. The van der Waals surface area contributed by atoms with Crippen LogP contribution < -0.4 is 16.0 Å². The summed E-state index contributed by atoms with van der Waals surface area (Å²) in [4.78, 5) is 47.3. The lowest BCUT2D eigenvalue weighted by Gasteiger charge is -2.35. The third kappa shape index (κ3) is 7.01. The number of halogens is 1. The molecule has 2 aromatic carbocycles. The summed E-state index contributed by atoms with van der Waals surface area (Å²) in [6.45, 7) is 6.69. The molecule has 4 N–H and O–H groups in total. The molecule has 0 radical (unpaired) electrons. The third-order valence-electron chi connectivity index (χ3n) is 6.11. The zero-order chi connectivity index (χ0) is 26.4. The molecule has 194 valence electrons. The number of benzene rings is 2. The maximum atomic E-state index is 13.1. The second kappa shape index (κ2) is 11.3. The number of H-pyrrole nitrogens is 1. The van der Waals surface area contributed by atoms with E-state index < -0.39 is 23.2 Å². The lowest BCUT2D eigenvalue weighted by Crippen LogP contribution is -2.52. The van der Waals surface area contributed by atoms with Crippen molar-refractivity contribution < 1.29 is 18.8 Å². The van der Waals surface area contributed by atoms with Gasteiger partial charge in [-0.25, -0.2) is 9.37 Å². The Labute approximate surface area is 214 Å². The predicted octanol–water partition coefficient (Wildman–Crippen LogP) is 4.05. The van der Waals surface area contributed by atoms with Gasteiger partial charge in [-0.2, -0.15) is 0 Å². The van der Waals surface area contributed by atoms with Crippen LogP contribution in [0.5, 0.6) is 0 Å². The Hall–Kier alpha value is -4.05. The highest BCUT2D eigenvalue weighted by atomic mass is 19.1. The van der Waals surface area contributed by atoms with E-state index in [4.69, 9.17) is 0 Å². The summed E-state index contributed by atoms with van der Waals surface area (Å²) in [5, 5.41) is 8.45. The number of amides is 3. The van der Waals surface area contributed by atoms with E-state index in [2.05, 4.69) is 30.8 Å². The number of aromatic amines is 1. The maximum absolute atomic E-state index is 13.1. The van der Waals surface area contributed by atoms with E-state index >= 15 is 0 Å². The van der Waals surface area contributed by atoms with Gasteiger partial charge in [0.1, 0.15) is 11.5 Å². The van der Waals surface area contributed by atoms with Crippen molar-refractivity contribution >= 4 is 29.1 Å². The number of aromatic nitrogens is 2. The molecule has 1 saturated heterocycles. The Balaban J connectivity index is 1.35. The average Bonchev–Trinajstić information content (AvgIpc) is 3.36. The standard InChI is InChI=1S/C27H31FN6O3/c1-27(2,16-34-14-4-3-5-15-34)33-26(37)23-22(29-17-30-23)25(36)32-21-12-10-20(11-13-21)31-24(35)18-6-8-19(28)9-7-18/h6-13,17H,3-5,14-16H2,1-2H3,(H,29,30)(H,31,35)(H,32,36)(H,33,37).